The van der Waals surface area contributed by atoms with E-state index >= 15 is 0 Å². The highest BCUT2D eigenvalue weighted by molar-refractivity contribution is 6.04. The molecule has 3 N–H and O–H groups in total. The summed E-state index contributed by atoms with van der Waals surface area (Å²) < 4.78 is 5.92. The van der Waals surface area contributed by atoms with Gasteiger partial charge in [-0.15, -0.1) is 12.4 Å². The van der Waals surface area contributed by atoms with Gasteiger partial charge in [0.2, 0.25) is 0 Å². The lowest BCUT2D eigenvalue weighted by Gasteiger charge is -2.13. The maximum atomic E-state index is 12.5. The average molecular weight is 377 g/mol. The van der Waals surface area contributed by atoms with Crippen molar-refractivity contribution >= 4 is 24.0 Å². The van der Waals surface area contributed by atoms with Crippen LogP contribution in [0.5, 0.6) is 0 Å². The largest absolute Gasteiger partial charge is 0.374 e. The molecule has 1 saturated carbocycles. The first-order valence-electron chi connectivity index (χ1n) is 9.08. The predicted octanol–water partition coefficient (Wildman–Crippen LogP) is 3.19. The van der Waals surface area contributed by atoms with Gasteiger partial charge in [-0.25, -0.2) is 0 Å². The third kappa shape index (κ3) is 4.26. The van der Waals surface area contributed by atoms with E-state index in [4.69, 9.17) is 4.74 Å². The van der Waals surface area contributed by atoms with E-state index in [0.717, 1.165) is 35.5 Å². The van der Waals surface area contributed by atoms with Gasteiger partial charge < -0.3 is 15.4 Å². The number of amides is 1. The van der Waals surface area contributed by atoms with Crippen LogP contribution in [0.15, 0.2) is 24.3 Å². The summed E-state index contributed by atoms with van der Waals surface area (Å²) in [5.41, 5.74) is 4.42. The van der Waals surface area contributed by atoms with Crippen LogP contribution >= 0.6 is 12.4 Å². The minimum Gasteiger partial charge on any atom is -0.374 e. The summed E-state index contributed by atoms with van der Waals surface area (Å²) in [6, 6.07) is 7.85. The molecule has 2 aliphatic rings. The number of hydrogen-bond acceptors (Lipinski definition) is 4. The minimum atomic E-state index is -0.170. The molecule has 2 aromatic rings. The van der Waals surface area contributed by atoms with Gasteiger partial charge in [0.25, 0.3) is 5.91 Å². The molecular formula is C19H25ClN4O2. The monoisotopic (exact) mass is 376 g/mol. The van der Waals surface area contributed by atoms with Crippen molar-refractivity contribution in [3.05, 3.63) is 46.8 Å². The van der Waals surface area contributed by atoms with Crippen LogP contribution in [0.25, 0.3) is 0 Å². The number of fused-ring (bicyclic) bond motifs is 1. The van der Waals surface area contributed by atoms with Gasteiger partial charge in [0.15, 0.2) is 5.69 Å². The van der Waals surface area contributed by atoms with Gasteiger partial charge in [0, 0.05) is 36.5 Å². The fourth-order valence-electron chi connectivity index (χ4n) is 3.56. The number of rotatable bonds is 5. The summed E-state index contributed by atoms with van der Waals surface area (Å²) in [5, 5.41) is 13.4. The lowest BCUT2D eigenvalue weighted by molar-refractivity contribution is 0.0457. The third-order valence-electron chi connectivity index (χ3n) is 5.02. The predicted molar refractivity (Wildman–Crippen MR) is 103 cm³/mol. The second-order valence-electron chi connectivity index (χ2n) is 6.82. The molecule has 4 rings (SSSR count). The van der Waals surface area contributed by atoms with Gasteiger partial charge in [-0.1, -0.05) is 25.0 Å². The van der Waals surface area contributed by atoms with E-state index in [9.17, 15) is 4.79 Å². The molecular weight excluding hydrogens is 352 g/mol. The van der Waals surface area contributed by atoms with Crippen LogP contribution in [0.3, 0.4) is 0 Å². The maximum absolute atomic E-state index is 12.5. The first-order valence-corrected chi connectivity index (χ1v) is 9.08. The van der Waals surface area contributed by atoms with E-state index in [2.05, 4.69) is 20.8 Å². The van der Waals surface area contributed by atoms with E-state index in [0.29, 0.717) is 24.9 Å². The Morgan fingerprint density at radius 3 is 2.77 bits per heavy atom. The summed E-state index contributed by atoms with van der Waals surface area (Å²) in [6.45, 7) is 2.24. The molecule has 1 aliphatic carbocycles. The molecule has 0 atom stereocenters. The smallest absolute Gasteiger partial charge is 0.276 e. The Hall–Kier alpha value is -1.89. The van der Waals surface area contributed by atoms with Crippen LogP contribution in [0.4, 0.5) is 5.69 Å². The Labute approximate surface area is 159 Å². The Morgan fingerprint density at radius 1 is 1.23 bits per heavy atom. The highest BCUT2D eigenvalue weighted by atomic mass is 35.5. The molecule has 0 saturated heterocycles. The van der Waals surface area contributed by atoms with Crippen LogP contribution in [0.1, 0.15) is 53.0 Å². The fraction of sp³-hybridized carbons (Fsp3) is 0.474. The molecule has 6 nitrogen and oxygen atoms in total. The van der Waals surface area contributed by atoms with Crippen molar-refractivity contribution in [1.29, 1.82) is 0 Å². The molecule has 0 bridgehead atoms. The molecule has 1 aromatic carbocycles. The van der Waals surface area contributed by atoms with Crippen LogP contribution in [0, 0.1) is 0 Å². The Bertz CT molecular complexity index is 738. The van der Waals surface area contributed by atoms with Gasteiger partial charge in [-0.3, -0.25) is 9.89 Å². The number of carbonyl (C=O) groups excluding carboxylic acids is 1. The van der Waals surface area contributed by atoms with Gasteiger partial charge in [-0.05, 0) is 30.5 Å². The van der Waals surface area contributed by atoms with Gasteiger partial charge in [0.1, 0.15) is 0 Å². The lowest BCUT2D eigenvalue weighted by Crippen LogP contribution is -2.25. The van der Waals surface area contributed by atoms with Crippen molar-refractivity contribution in [2.45, 2.75) is 51.4 Å². The SMILES string of the molecule is Cl.O=C(Nc1ccc(COC2CCCC2)cc1)c1n[nH]c2c1CNCC2. The average Bonchev–Trinajstić information content (AvgIpc) is 3.31. The van der Waals surface area contributed by atoms with Gasteiger partial charge in [0.05, 0.1) is 12.7 Å². The molecule has 1 amide bonds. The number of H-pyrrole nitrogens is 1. The Morgan fingerprint density at radius 2 is 2.00 bits per heavy atom. The first kappa shape index (κ1) is 18.9. The fourth-order valence-corrected chi connectivity index (χ4v) is 3.56. The van der Waals surface area contributed by atoms with Crippen molar-refractivity contribution in [2.75, 3.05) is 11.9 Å². The lowest BCUT2D eigenvalue weighted by atomic mass is 10.1. The number of carbonyl (C=O) groups is 1. The Kier molecular flexibility index (Phi) is 6.29. The van der Waals surface area contributed by atoms with E-state index in [1.807, 2.05) is 24.3 Å². The highest BCUT2D eigenvalue weighted by Crippen LogP contribution is 2.22. The number of aromatic amines is 1. The van der Waals surface area contributed by atoms with E-state index in [1.165, 1.54) is 25.7 Å². The second kappa shape index (κ2) is 8.66. The number of halogens is 1. The van der Waals surface area contributed by atoms with E-state index < -0.39 is 0 Å². The maximum Gasteiger partial charge on any atom is 0.276 e. The molecule has 1 aliphatic heterocycles. The Balaban J connectivity index is 0.00000196. The van der Waals surface area contributed by atoms with E-state index in [1.54, 1.807) is 0 Å². The van der Waals surface area contributed by atoms with Gasteiger partial charge >= 0.3 is 0 Å². The summed E-state index contributed by atoms with van der Waals surface area (Å²) in [6.07, 6.45) is 6.21. The number of nitrogens with zero attached hydrogens (tertiary/aromatic N) is 1. The van der Waals surface area contributed by atoms with Crippen LogP contribution in [-0.2, 0) is 24.3 Å². The van der Waals surface area contributed by atoms with Crippen LogP contribution in [-0.4, -0.2) is 28.8 Å². The normalized spacial score (nSPS) is 16.8. The zero-order valence-electron chi connectivity index (χ0n) is 14.7. The van der Waals surface area contributed by atoms with Crippen molar-refractivity contribution < 1.29 is 9.53 Å². The van der Waals surface area contributed by atoms with Crippen molar-refractivity contribution in [3.8, 4) is 0 Å². The number of anilines is 1. The van der Waals surface area contributed by atoms with Crippen LogP contribution < -0.4 is 10.6 Å². The summed E-state index contributed by atoms with van der Waals surface area (Å²) in [7, 11) is 0. The minimum absolute atomic E-state index is 0. The number of ether oxygens (including phenoxy) is 1. The van der Waals surface area contributed by atoms with Crippen molar-refractivity contribution in [1.82, 2.24) is 15.5 Å². The molecule has 0 radical (unpaired) electrons. The summed E-state index contributed by atoms with van der Waals surface area (Å²) >= 11 is 0. The second-order valence-corrected chi connectivity index (χ2v) is 6.82. The molecule has 140 valence electrons. The first-order chi connectivity index (χ1) is 12.3. The standard InChI is InChI=1S/C19H24N4O2.ClH/c24-19(18-16-11-20-10-9-17(16)22-23-18)21-14-7-5-13(6-8-14)12-25-15-3-1-2-4-15;/h5-8,15,20H,1-4,9-12H2,(H,21,24)(H,22,23);1H. The topological polar surface area (TPSA) is 79.0 Å². The molecule has 26 heavy (non-hydrogen) atoms. The zero-order chi connectivity index (χ0) is 17.1. The molecule has 1 aromatic heterocycles. The number of aromatic nitrogens is 2. The molecule has 7 heteroatoms. The van der Waals surface area contributed by atoms with E-state index in [-0.39, 0.29) is 18.3 Å². The van der Waals surface area contributed by atoms with Crippen LogP contribution in [0.2, 0.25) is 0 Å². The van der Waals surface area contributed by atoms with Crippen molar-refractivity contribution in [2.24, 2.45) is 0 Å². The summed E-state index contributed by atoms with van der Waals surface area (Å²) in [4.78, 5) is 12.5. The molecule has 0 spiro atoms. The van der Waals surface area contributed by atoms with Crippen molar-refractivity contribution in [3.63, 3.8) is 0 Å². The summed E-state index contributed by atoms with van der Waals surface area (Å²) in [5.74, 6) is -0.170. The highest BCUT2D eigenvalue weighted by Gasteiger charge is 2.21. The van der Waals surface area contributed by atoms with Gasteiger partial charge in [-0.2, -0.15) is 5.10 Å². The number of benzene rings is 1. The molecule has 1 fully saturated rings. The quantitative estimate of drug-likeness (QED) is 0.748. The number of nitrogens with one attached hydrogen (secondary N) is 3. The molecule has 0 unspecified atom stereocenters. The number of hydrogen-bond donors (Lipinski definition) is 3. The molecule has 2 heterocycles. The third-order valence-corrected chi connectivity index (χ3v) is 5.02. The zero-order valence-corrected chi connectivity index (χ0v) is 15.5.